The Morgan fingerprint density at radius 3 is 2.81 bits per heavy atom. The highest BCUT2D eigenvalue weighted by molar-refractivity contribution is 6.31. The summed E-state index contributed by atoms with van der Waals surface area (Å²) >= 11 is 6.49. The second-order valence-corrected chi connectivity index (χ2v) is 8.56. The molecule has 144 valence electrons. The minimum Gasteiger partial charge on any atom is -0.379 e. The molecule has 0 aromatic heterocycles. The van der Waals surface area contributed by atoms with Gasteiger partial charge in [0, 0.05) is 24.0 Å². The fourth-order valence-corrected chi connectivity index (χ4v) is 5.70. The molecule has 27 heavy (non-hydrogen) atoms. The first-order valence-corrected chi connectivity index (χ1v) is 10.6. The van der Waals surface area contributed by atoms with Crippen LogP contribution in [0.25, 0.3) is 0 Å². The molecule has 1 aromatic carbocycles. The van der Waals surface area contributed by atoms with Gasteiger partial charge in [0.1, 0.15) is 11.7 Å². The van der Waals surface area contributed by atoms with E-state index in [4.69, 9.17) is 26.7 Å². The normalized spacial score (nSPS) is 33.6. The molecule has 0 amide bonds. The number of anilines is 1. The Labute approximate surface area is 166 Å². The SMILES string of the molecule is Cc1ccc(N2N=N[C@@H]3CC[C@@H](C4=CCCC4)[C@]32N2CCOCC2)cc1Cl. The third-order valence-electron chi connectivity index (χ3n) is 6.79. The summed E-state index contributed by atoms with van der Waals surface area (Å²) in [5.41, 5.74) is 3.54. The second-order valence-electron chi connectivity index (χ2n) is 8.15. The number of allylic oxidation sites excluding steroid dienone is 1. The molecule has 0 bridgehead atoms. The molecule has 0 spiro atoms. The van der Waals surface area contributed by atoms with Crippen molar-refractivity contribution < 1.29 is 4.74 Å². The molecular weight excluding hydrogens is 360 g/mol. The Hall–Kier alpha value is -1.43. The van der Waals surface area contributed by atoms with E-state index in [1.807, 2.05) is 6.92 Å². The fourth-order valence-electron chi connectivity index (χ4n) is 5.53. The molecule has 2 fully saturated rings. The Kier molecular flexibility index (Phi) is 4.49. The van der Waals surface area contributed by atoms with Gasteiger partial charge in [0.25, 0.3) is 0 Å². The van der Waals surface area contributed by atoms with E-state index in [-0.39, 0.29) is 11.7 Å². The van der Waals surface area contributed by atoms with Gasteiger partial charge in [-0.25, -0.2) is 5.01 Å². The molecule has 0 unspecified atom stereocenters. The summed E-state index contributed by atoms with van der Waals surface area (Å²) in [6.45, 7) is 5.47. The molecular formula is C21H27ClN4O. The number of nitrogens with zero attached hydrogens (tertiary/aromatic N) is 4. The zero-order valence-corrected chi connectivity index (χ0v) is 16.7. The zero-order chi connectivity index (χ0) is 18.4. The first-order valence-electron chi connectivity index (χ1n) is 10.2. The molecule has 6 heteroatoms. The summed E-state index contributed by atoms with van der Waals surface area (Å²) < 4.78 is 5.68. The molecule has 2 aliphatic heterocycles. The van der Waals surface area contributed by atoms with E-state index < -0.39 is 0 Å². The van der Waals surface area contributed by atoms with Crippen LogP contribution in [0.5, 0.6) is 0 Å². The molecule has 0 radical (unpaired) electrons. The lowest BCUT2D eigenvalue weighted by Crippen LogP contribution is -2.66. The number of hydrogen-bond donors (Lipinski definition) is 0. The summed E-state index contributed by atoms with van der Waals surface area (Å²) in [6, 6.07) is 6.50. The van der Waals surface area contributed by atoms with Crippen LogP contribution in [-0.2, 0) is 4.74 Å². The van der Waals surface area contributed by atoms with E-state index in [1.165, 1.54) is 25.7 Å². The number of benzene rings is 1. The summed E-state index contributed by atoms with van der Waals surface area (Å²) in [5.74, 6) is 0.471. The lowest BCUT2D eigenvalue weighted by atomic mass is 9.84. The van der Waals surface area contributed by atoms with Crippen LogP contribution in [-0.4, -0.2) is 42.9 Å². The Bertz CT molecular complexity index is 788. The number of aryl methyl sites for hydroxylation is 1. The molecule has 3 atom stereocenters. The number of halogens is 1. The van der Waals surface area contributed by atoms with Crippen LogP contribution in [0, 0.1) is 12.8 Å². The largest absolute Gasteiger partial charge is 0.379 e. The second kappa shape index (κ2) is 6.87. The van der Waals surface area contributed by atoms with Crippen molar-refractivity contribution in [3.8, 4) is 0 Å². The first-order chi connectivity index (χ1) is 13.2. The third-order valence-corrected chi connectivity index (χ3v) is 7.20. The quantitative estimate of drug-likeness (QED) is 0.703. The van der Waals surface area contributed by atoms with Crippen molar-refractivity contribution in [2.24, 2.45) is 16.3 Å². The monoisotopic (exact) mass is 386 g/mol. The topological polar surface area (TPSA) is 40.4 Å². The fraction of sp³-hybridized carbons (Fsp3) is 0.619. The maximum Gasteiger partial charge on any atom is 0.148 e. The highest BCUT2D eigenvalue weighted by atomic mass is 35.5. The molecule has 5 nitrogen and oxygen atoms in total. The van der Waals surface area contributed by atoms with Gasteiger partial charge < -0.3 is 4.74 Å². The summed E-state index contributed by atoms with van der Waals surface area (Å²) in [5, 5.41) is 12.5. The lowest BCUT2D eigenvalue weighted by Gasteiger charge is -2.50. The molecule has 2 aliphatic carbocycles. The van der Waals surface area contributed by atoms with E-state index >= 15 is 0 Å². The van der Waals surface area contributed by atoms with Gasteiger partial charge in [-0.3, -0.25) is 4.90 Å². The minimum absolute atomic E-state index is 0.210. The number of ether oxygens (including phenoxy) is 1. The van der Waals surface area contributed by atoms with Gasteiger partial charge in [-0.2, -0.15) is 5.11 Å². The van der Waals surface area contributed by atoms with Gasteiger partial charge in [0.15, 0.2) is 0 Å². The average Bonchev–Trinajstić information content (AvgIpc) is 3.40. The molecule has 5 rings (SSSR count). The Balaban J connectivity index is 1.62. The Morgan fingerprint density at radius 1 is 1.22 bits per heavy atom. The standard InChI is InChI=1S/C21H27ClN4O/c1-15-6-7-17(14-19(15)22)26-21(25-10-12-27-13-11-25)18(16-4-2-3-5-16)8-9-20(21)23-24-26/h4,6-7,14,18,20H,2-3,5,8-13H2,1H3/t18-,20+,21+/m0/s1. The number of hydrogen-bond acceptors (Lipinski definition) is 5. The Morgan fingerprint density at radius 2 is 2.07 bits per heavy atom. The average molecular weight is 387 g/mol. The van der Waals surface area contributed by atoms with Crippen LogP contribution in [0.1, 0.15) is 37.7 Å². The van der Waals surface area contributed by atoms with Gasteiger partial charge in [-0.05, 0) is 56.7 Å². The molecule has 1 saturated carbocycles. The van der Waals surface area contributed by atoms with Crippen LogP contribution in [0.3, 0.4) is 0 Å². The van der Waals surface area contributed by atoms with Gasteiger partial charge in [0.05, 0.1) is 18.9 Å². The van der Waals surface area contributed by atoms with Crippen LogP contribution >= 0.6 is 11.6 Å². The van der Waals surface area contributed by atoms with Crippen LogP contribution in [0.2, 0.25) is 5.02 Å². The van der Waals surface area contributed by atoms with Crippen molar-refractivity contribution in [3.05, 3.63) is 40.4 Å². The van der Waals surface area contributed by atoms with Gasteiger partial charge >= 0.3 is 0 Å². The van der Waals surface area contributed by atoms with Crippen molar-refractivity contribution in [1.82, 2.24) is 4.90 Å². The predicted molar refractivity (Wildman–Crippen MR) is 107 cm³/mol. The van der Waals surface area contributed by atoms with Crippen LogP contribution < -0.4 is 5.01 Å². The minimum atomic E-state index is -0.210. The van der Waals surface area contributed by atoms with Gasteiger partial charge in [-0.15, -0.1) is 0 Å². The molecule has 4 aliphatic rings. The highest BCUT2D eigenvalue weighted by Crippen LogP contribution is 2.54. The van der Waals surface area contributed by atoms with Crippen molar-refractivity contribution in [3.63, 3.8) is 0 Å². The smallest absolute Gasteiger partial charge is 0.148 e. The van der Waals surface area contributed by atoms with E-state index in [0.29, 0.717) is 5.92 Å². The number of rotatable bonds is 3. The van der Waals surface area contributed by atoms with Gasteiger partial charge in [-0.1, -0.05) is 34.5 Å². The zero-order valence-electron chi connectivity index (χ0n) is 15.9. The molecule has 0 N–H and O–H groups in total. The van der Waals surface area contributed by atoms with Crippen molar-refractivity contribution in [1.29, 1.82) is 0 Å². The third kappa shape index (κ3) is 2.66. The number of fused-ring (bicyclic) bond motifs is 1. The summed E-state index contributed by atoms with van der Waals surface area (Å²) in [4.78, 5) is 2.60. The van der Waals surface area contributed by atoms with E-state index in [1.54, 1.807) is 5.57 Å². The van der Waals surface area contributed by atoms with Crippen LogP contribution in [0.15, 0.2) is 40.2 Å². The molecule has 2 heterocycles. The van der Waals surface area contributed by atoms with Crippen LogP contribution in [0.4, 0.5) is 5.69 Å². The summed E-state index contributed by atoms with van der Waals surface area (Å²) in [6.07, 6.45) is 8.46. The maximum absolute atomic E-state index is 6.49. The van der Waals surface area contributed by atoms with Gasteiger partial charge in [0.2, 0.25) is 0 Å². The van der Waals surface area contributed by atoms with E-state index in [0.717, 1.165) is 49.0 Å². The van der Waals surface area contributed by atoms with E-state index in [2.05, 4.69) is 34.2 Å². The van der Waals surface area contributed by atoms with Crippen molar-refractivity contribution in [2.45, 2.75) is 50.7 Å². The van der Waals surface area contributed by atoms with Crippen molar-refractivity contribution in [2.75, 3.05) is 31.3 Å². The molecule has 1 saturated heterocycles. The van der Waals surface area contributed by atoms with Crippen molar-refractivity contribution >= 4 is 17.3 Å². The first kappa shape index (κ1) is 17.7. The lowest BCUT2D eigenvalue weighted by molar-refractivity contribution is -0.0340. The summed E-state index contributed by atoms with van der Waals surface area (Å²) in [7, 11) is 0. The number of morpholine rings is 1. The van der Waals surface area contributed by atoms with E-state index in [9.17, 15) is 0 Å². The molecule has 1 aromatic rings. The highest BCUT2D eigenvalue weighted by Gasteiger charge is 2.62. The predicted octanol–water partition coefficient (Wildman–Crippen LogP) is 4.75. The maximum atomic E-state index is 6.49.